The fourth-order valence-corrected chi connectivity index (χ4v) is 4.97. The van der Waals surface area contributed by atoms with Crippen LogP contribution >= 0.6 is 0 Å². The molecular weight excluding hydrogens is 452 g/mol. The summed E-state index contributed by atoms with van der Waals surface area (Å²) in [5.74, 6) is -0.166. The molecule has 0 aliphatic carbocycles. The number of sulfonamides is 1. The van der Waals surface area contributed by atoms with Crippen molar-refractivity contribution in [2.24, 2.45) is 0 Å². The topological polar surface area (TPSA) is 121 Å². The number of anilines is 1. The molecule has 0 bridgehead atoms. The van der Waals surface area contributed by atoms with Gasteiger partial charge in [0.15, 0.2) is 0 Å². The zero-order valence-corrected chi connectivity index (χ0v) is 20.1. The highest BCUT2D eigenvalue weighted by atomic mass is 32.2. The highest BCUT2D eigenvalue weighted by Gasteiger charge is 2.23. The zero-order valence-electron chi connectivity index (χ0n) is 19.3. The van der Waals surface area contributed by atoms with Crippen molar-refractivity contribution in [1.82, 2.24) is 14.7 Å². The van der Waals surface area contributed by atoms with Crippen molar-refractivity contribution in [2.45, 2.75) is 50.0 Å². The number of hydrogen-bond donors (Lipinski definition) is 3. The quantitative estimate of drug-likeness (QED) is 0.355. The lowest BCUT2D eigenvalue weighted by Crippen LogP contribution is -2.31. The molecule has 0 saturated carbocycles. The van der Waals surface area contributed by atoms with Crippen molar-refractivity contribution < 1.29 is 18.3 Å². The van der Waals surface area contributed by atoms with Crippen LogP contribution in [0.4, 0.5) is 5.82 Å². The number of rotatable bonds is 12. The van der Waals surface area contributed by atoms with E-state index in [9.17, 15) is 13.2 Å². The van der Waals surface area contributed by atoms with Gasteiger partial charge in [0.2, 0.25) is 10.0 Å². The first-order valence-corrected chi connectivity index (χ1v) is 12.7. The number of aliphatic carboxylic acids is 1. The van der Waals surface area contributed by atoms with Crippen LogP contribution in [0.5, 0.6) is 0 Å². The number of nitrogens with zero attached hydrogens (tertiary/aromatic N) is 2. The molecule has 180 valence electrons. The second kappa shape index (κ2) is 11.7. The predicted molar refractivity (Wildman–Crippen MR) is 131 cm³/mol. The largest absolute Gasteiger partial charge is 0.480 e. The Balaban J connectivity index is 1.91. The number of carbonyl (C=O) groups is 1. The van der Waals surface area contributed by atoms with E-state index in [-0.39, 0.29) is 11.4 Å². The van der Waals surface area contributed by atoms with Crippen LogP contribution in [0.1, 0.15) is 55.5 Å². The van der Waals surface area contributed by atoms with Gasteiger partial charge in [-0.3, -0.25) is 9.78 Å². The first-order chi connectivity index (χ1) is 16.3. The summed E-state index contributed by atoms with van der Waals surface area (Å²) in [6.07, 6.45) is 5.30. The van der Waals surface area contributed by atoms with Gasteiger partial charge in [-0.2, -0.15) is 0 Å². The van der Waals surface area contributed by atoms with E-state index in [1.807, 2.05) is 12.1 Å². The van der Waals surface area contributed by atoms with Gasteiger partial charge in [0.05, 0.1) is 11.7 Å². The maximum atomic E-state index is 13.1. The van der Waals surface area contributed by atoms with Gasteiger partial charge in [-0.25, -0.2) is 18.1 Å². The van der Waals surface area contributed by atoms with Crippen molar-refractivity contribution in [2.75, 3.05) is 11.9 Å². The van der Waals surface area contributed by atoms with E-state index in [2.05, 4.69) is 46.0 Å². The second-order valence-corrected chi connectivity index (χ2v) is 9.73. The number of benzene rings is 1. The molecule has 3 rings (SSSR count). The van der Waals surface area contributed by atoms with Crippen LogP contribution in [0, 0.1) is 0 Å². The second-order valence-electron chi connectivity index (χ2n) is 8.02. The van der Waals surface area contributed by atoms with Crippen LogP contribution in [0.2, 0.25) is 0 Å². The average Bonchev–Trinajstić information content (AvgIpc) is 2.85. The van der Waals surface area contributed by atoms with Crippen LogP contribution in [0.25, 0.3) is 0 Å². The SMILES string of the molecule is CCC(CC)c1ccc(CC(NS(=O)(=O)c2cccnc2)c2cccc(NCC(=O)O)n2)cc1. The zero-order chi connectivity index (χ0) is 24.6. The number of pyridine rings is 2. The van der Waals surface area contributed by atoms with Gasteiger partial charge in [0.25, 0.3) is 0 Å². The minimum atomic E-state index is -3.86. The fourth-order valence-electron chi connectivity index (χ4n) is 3.80. The molecule has 2 aromatic heterocycles. The van der Waals surface area contributed by atoms with Crippen molar-refractivity contribution >= 4 is 21.8 Å². The van der Waals surface area contributed by atoms with Crippen LogP contribution in [0.15, 0.2) is 71.9 Å². The molecule has 0 fully saturated rings. The Morgan fingerprint density at radius 1 is 1.03 bits per heavy atom. The summed E-state index contributed by atoms with van der Waals surface area (Å²) in [6.45, 7) is 4.05. The number of carboxylic acids is 1. The molecule has 0 aliphatic heterocycles. The molecule has 2 heterocycles. The maximum absolute atomic E-state index is 13.1. The van der Waals surface area contributed by atoms with E-state index in [4.69, 9.17) is 5.11 Å². The number of nitrogens with one attached hydrogen (secondary N) is 2. The normalized spacial score (nSPS) is 12.4. The van der Waals surface area contributed by atoms with E-state index in [1.165, 1.54) is 24.0 Å². The standard InChI is InChI=1S/C25H30N4O4S/c1-3-19(4-2)20-12-10-18(11-13-20)15-23(29-34(32,33)21-7-6-14-26-16-21)22-8-5-9-24(28-22)27-17-25(30)31/h5-14,16,19,23,29H,3-4,15,17H2,1-2H3,(H,27,28)(H,30,31). The van der Waals surface area contributed by atoms with Crippen molar-refractivity contribution in [1.29, 1.82) is 0 Å². The lowest BCUT2D eigenvalue weighted by Gasteiger charge is -2.20. The molecule has 0 saturated heterocycles. The molecule has 34 heavy (non-hydrogen) atoms. The van der Waals surface area contributed by atoms with E-state index < -0.39 is 22.0 Å². The van der Waals surface area contributed by atoms with Gasteiger partial charge in [-0.15, -0.1) is 0 Å². The monoisotopic (exact) mass is 482 g/mol. The predicted octanol–water partition coefficient (Wildman–Crippen LogP) is 4.14. The third-order valence-electron chi connectivity index (χ3n) is 5.67. The van der Waals surface area contributed by atoms with Gasteiger partial charge in [-0.1, -0.05) is 44.2 Å². The molecular formula is C25H30N4O4S. The van der Waals surface area contributed by atoms with E-state index in [0.717, 1.165) is 18.4 Å². The summed E-state index contributed by atoms with van der Waals surface area (Å²) < 4.78 is 28.9. The molecule has 3 N–H and O–H groups in total. The minimum absolute atomic E-state index is 0.0595. The smallest absolute Gasteiger partial charge is 0.322 e. The van der Waals surface area contributed by atoms with Crippen LogP contribution in [-0.2, 0) is 21.2 Å². The maximum Gasteiger partial charge on any atom is 0.322 e. The molecule has 0 radical (unpaired) electrons. The van der Waals surface area contributed by atoms with Gasteiger partial charge in [0, 0.05) is 12.4 Å². The van der Waals surface area contributed by atoms with Crippen molar-refractivity contribution in [3.05, 3.63) is 83.8 Å². The highest BCUT2D eigenvalue weighted by molar-refractivity contribution is 7.89. The van der Waals surface area contributed by atoms with Crippen molar-refractivity contribution in [3.63, 3.8) is 0 Å². The van der Waals surface area contributed by atoms with E-state index in [1.54, 1.807) is 24.3 Å². The third kappa shape index (κ3) is 6.85. The van der Waals surface area contributed by atoms with Crippen molar-refractivity contribution in [3.8, 4) is 0 Å². The Hall–Kier alpha value is -3.30. The molecule has 9 heteroatoms. The van der Waals surface area contributed by atoms with E-state index in [0.29, 0.717) is 23.9 Å². The number of aromatic nitrogens is 2. The Labute approximate surface area is 200 Å². The highest BCUT2D eigenvalue weighted by Crippen LogP contribution is 2.26. The summed E-state index contributed by atoms with van der Waals surface area (Å²) in [4.78, 5) is 19.4. The lowest BCUT2D eigenvalue weighted by molar-refractivity contribution is -0.134. The lowest BCUT2D eigenvalue weighted by atomic mass is 9.92. The van der Waals surface area contributed by atoms with Gasteiger partial charge in [-0.05, 0) is 60.6 Å². The molecule has 0 amide bonds. The number of hydrogen-bond acceptors (Lipinski definition) is 6. The molecule has 8 nitrogen and oxygen atoms in total. The summed E-state index contributed by atoms with van der Waals surface area (Å²) in [5.41, 5.74) is 2.70. The summed E-state index contributed by atoms with van der Waals surface area (Å²) >= 11 is 0. The first kappa shape index (κ1) is 25.3. The Kier molecular flexibility index (Phi) is 8.72. The van der Waals surface area contributed by atoms with Crippen LogP contribution < -0.4 is 10.0 Å². The van der Waals surface area contributed by atoms with E-state index >= 15 is 0 Å². The molecule has 0 aliphatic rings. The molecule has 3 aromatic rings. The summed E-state index contributed by atoms with van der Waals surface area (Å²) in [6, 6.07) is 15.7. The Morgan fingerprint density at radius 3 is 2.38 bits per heavy atom. The summed E-state index contributed by atoms with van der Waals surface area (Å²) in [7, 11) is -3.86. The molecule has 0 spiro atoms. The van der Waals surface area contributed by atoms with Gasteiger partial charge in [0.1, 0.15) is 17.3 Å². The first-order valence-electron chi connectivity index (χ1n) is 11.3. The van der Waals surface area contributed by atoms with Gasteiger partial charge >= 0.3 is 5.97 Å². The van der Waals surface area contributed by atoms with Gasteiger partial charge < -0.3 is 10.4 Å². The fraction of sp³-hybridized carbons (Fsp3) is 0.320. The minimum Gasteiger partial charge on any atom is -0.480 e. The third-order valence-corrected chi connectivity index (χ3v) is 7.12. The molecule has 1 aromatic carbocycles. The van der Waals surface area contributed by atoms with Crippen LogP contribution in [-0.4, -0.2) is 36.0 Å². The number of carboxylic acid groups (broad SMARTS) is 1. The molecule has 1 atom stereocenters. The average molecular weight is 483 g/mol. The Morgan fingerprint density at radius 2 is 1.76 bits per heavy atom. The Bertz CT molecular complexity index is 1180. The molecule has 1 unspecified atom stereocenters. The summed E-state index contributed by atoms with van der Waals surface area (Å²) in [5, 5.41) is 11.7. The van der Waals surface area contributed by atoms with Crippen LogP contribution in [0.3, 0.4) is 0 Å².